The Labute approximate surface area is 132 Å². The van der Waals surface area contributed by atoms with Crippen molar-refractivity contribution in [3.05, 3.63) is 47.1 Å². The minimum atomic E-state index is 0.0333. The number of thiazole rings is 1. The maximum Gasteiger partial charge on any atom is 0.160 e. The molecule has 0 radical (unpaired) electrons. The molecular formula is C15H17N5OS. The summed E-state index contributed by atoms with van der Waals surface area (Å²) >= 11 is 1.62. The van der Waals surface area contributed by atoms with E-state index in [4.69, 9.17) is 4.74 Å². The standard InChI is InChI=1S/C15H17N5OS/c1-3-21-11(2)15-19-12(10-22-15)9-20-7-6-18-14(20)13-8-16-4-5-17-13/h4-8,10-11H,3,9H2,1-2H3/t11-/m1/s1. The van der Waals surface area contributed by atoms with Crippen molar-refractivity contribution in [1.29, 1.82) is 0 Å². The average molecular weight is 315 g/mol. The highest BCUT2D eigenvalue weighted by Gasteiger charge is 2.12. The van der Waals surface area contributed by atoms with Crippen molar-refractivity contribution >= 4 is 11.3 Å². The number of rotatable bonds is 6. The molecule has 22 heavy (non-hydrogen) atoms. The summed E-state index contributed by atoms with van der Waals surface area (Å²) in [5, 5.41) is 3.06. The third-order valence-electron chi connectivity index (χ3n) is 3.17. The van der Waals surface area contributed by atoms with Gasteiger partial charge in [-0.2, -0.15) is 0 Å². The second-order valence-electron chi connectivity index (χ2n) is 4.74. The van der Waals surface area contributed by atoms with Crippen LogP contribution in [0.25, 0.3) is 11.5 Å². The zero-order valence-electron chi connectivity index (χ0n) is 12.5. The lowest BCUT2D eigenvalue weighted by atomic mass is 10.4. The van der Waals surface area contributed by atoms with Crippen LogP contribution in [-0.4, -0.2) is 31.1 Å². The monoisotopic (exact) mass is 315 g/mol. The molecule has 0 bridgehead atoms. The number of aromatic nitrogens is 5. The van der Waals surface area contributed by atoms with Crippen molar-refractivity contribution in [2.45, 2.75) is 26.5 Å². The van der Waals surface area contributed by atoms with Gasteiger partial charge in [0.2, 0.25) is 0 Å². The topological polar surface area (TPSA) is 65.7 Å². The Bertz CT molecular complexity index is 724. The molecule has 114 valence electrons. The number of nitrogens with zero attached hydrogens (tertiary/aromatic N) is 5. The zero-order chi connectivity index (χ0) is 15.4. The lowest BCUT2D eigenvalue weighted by Crippen LogP contribution is -2.04. The molecule has 0 N–H and O–H groups in total. The van der Waals surface area contributed by atoms with E-state index < -0.39 is 0 Å². The molecule has 0 aromatic carbocycles. The molecule has 6 nitrogen and oxygen atoms in total. The van der Waals surface area contributed by atoms with E-state index >= 15 is 0 Å². The van der Waals surface area contributed by atoms with Gasteiger partial charge in [-0.25, -0.2) is 15.0 Å². The predicted octanol–water partition coefficient (Wildman–Crippen LogP) is 2.94. The Morgan fingerprint density at radius 1 is 1.27 bits per heavy atom. The van der Waals surface area contributed by atoms with Gasteiger partial charge in [-0.3, -0.25) is 4.98 Å². The van der Waals surface area contributed by atoms with Crippen LogP contribution in [0.4, 0.5) is 0 Å². The fourth-order valence-electron chi connectivity index (χ4n) is 2.16. The Kier molecular flexibility index (Phi) is 4.55. The SMILES string of the molecule is CCO[C@H](C)c1nc(Cn2ccnc2-c2cnccn2)cs1. The van der Waals surface area contributed by atoms with Crippen LogP contribution in [-0.2, 0) is 11.3 Å². The normalized spacial score (nSPS) is 12.5. The first-order valence-corrected chi connectivity index (χ1v) is 7.99. The molecule has 0 saturated carbocycles. The van der Waals surface area contributed by atoms with Crippen LogP contribution in [0.5, 0.6) is 0 Å². The Morgan fingerprint density at radius 2 is 2.18 bits per heavy atom. The number of hydrogen-bond acceptors (Lipinski definition) is 6. The van der Waals surface area contributed by atoms with Crippen LogP contribution in [0.2, 0.25) is 0 Å². The number of ether oxygens (including phenoxy) is 1. The lowest BCUT2D eigenvalue weighted by molar-refractivity contribution is 0.0761. The summed E-state index contributed by atoms with van der Waals surface area (Å²) in [6, 6.07) is 0. The fraction of sp³-hybridized carbons (Fsp3) is 0.333. The molecule has 3 aromatic rings. The van der Waals surface area contributed by atoms with Gasteiger partial charge in [0.25, 0.3) is 0 Å². The molecule has 0 spiro atoms. The van der Waals surface area contributed by atoms with E-state index in [0.717, 1.165) is 22.2 Å². The second kappa shape index (κ2) is 6.76. The molecule has 3 heterocycles. The first kappa shape index (κ1) is 14.8. The highest BCUT2D eigenvalue weighted by atomic mass is 32.1. The van der Waals surface area contributed by atoms with Gasteiger partial charge in [-0.05, 0) is 13.8 Å². The molecule has 3 rings (SSSR count). The van der Waals surface area contributed by atoms with Gasteiger partial charge in [0.05, 0.1) is 18.4 Å². The Hall–Kier alpha value is -2.12. The maximum atomic E-state index is 5.58. The minimum Gasteiger partial charge on any atom is -0.372 e. The van der Waals surface area contributed by atoms with E-state index in [2.05, 4.69) is 25.3 Å². The van der Waals surface area contributed by atoms with Crippen molar-refractivity contribution in [2.24, 2.45) is 0 Å². The van der Waals surface area contributed by atoms with Crippen molar-refractivity contribution in [3.8, 4) is 11.5 Å². The van der Waals surface area contributed by atoms with Crippen molar-refractivity contribution in [3.63, 3.8) is 0 Å². The third-order valence-corrected chi connectivity index (χ3v) is 4.23. The van der Waals surface area contributed by atoms with Gasteiger partial charge in [-0.1, -0.05) is 0 Å². The summed E-state index contributed by atoms with van der Waals surface area (Å²) in [6.07, 6.45) is 8.75. The summed E-state index contributed by atoms with van der Waals surface area (Å²) in [5.74, 6) is 0.792. The van der Waals surface area contributed by atoms with Crippen LogP contribution in [0.15, 0.2) is 36.4 Å². The molecule has 0 aliphatic rings. The molecule has 0 aliphatic carbocycles. The largest absolute Gasteiger partial charge is 0.372 e. The van der Waals surface area contributed by atoms with Gasteiger partial charge in [0, 0.05) is 36.8 Å². The summed E-state index contributed by atoms with van der Waals surface area (Å²) in [4.78, 5) is 17.4. The van der Waals surface area contributed by atoms with Crippen LogP contribution < -0.4 is 0 Å². The van der Waals surface area contributed by atoms with Crippen LogP contribution in [0, 0.1) is 0 Å². The predicted molar refractivity (Wildman–Crippen MR) is 84.5 cm³/mol. The molecule has 0 saturated heterocycles. The number of hydrogen-bond donors (Lipinski definition) is 0. The Balaban J connectivity index is 1.79. The van der Waals surface area contributed by atoms with Gasteiger partial charge >= 0.3 is 0 Å². The van der Waals surface area contributed by atoms with Crippen molar-refractivity contribution in [2.75, 3.05) is 6.61 Å². The van der Waals surface area contributed by atoms with E-state index in [1.165, 1.54) is 0 Å². The van der Waals surface area contributed by atoms with Crippen molar-refractivity contribution < 1.29 is 4.74 Å². The molecule has 0 aliphatic heterocycles. The van der Waals surface area contributed by atoms with Crippen LogP contribution >= 0.6 is 11.3 Å². The smallest absolute Gasteiger partial charge is 0.160 e. The molecule has 7 heteroatoms. The highest BCUT2D eigenvalue weighted by Crippen LogP contribution is 2.22. The molecule has 1 atom stereocenters. The molecular weight excluding hydrogens is 298 g/mol. The summed E-state index contributed by atoms with van der Waals surface area (Å²) in [7, 11) is 0. The zero-order valence-corrected chi connectivity index (χ0v) is 13.3. The van der Waals surface area contributed by atoms with E-state index in [1.54, 1.807) is 36.1 Å². The lowest BCUT2D eigenvalue weighted by Gasteiger charge is -2.07. The van der Waals surface area contributed by atoms with Gasteiger partial charge in [0.15, 0.2) is 5.82 Å². The second-order valence-corrected chi connectivity index (χ2v) is 5.63. The first-order chi connectivity index (χ1) is 10.8. The molecule has 0 unspecified atom stereocenters. The molecule has 3 aromatic heterocycles. The van der Waals surface area contributed by atoms with E-state index in [1.807, 2.05) is 24.6 Å². The van der Waals surface area contributed by atoms with E-state index in [0.29, 0.717) is 13.2 Å². The average Bonchev–Trinajstić information content (AvgIpc) is 3.18. The van der Waals surface area contributed by atoms with Gasteiger partial charge in [0.1, 0.15) is 16.8 Å². The van der Waals surface area contributed by atoms with E-state index in [9.17, 15) is 0 Å². The fourth-order valence-corrected chi connectivity index (χ4v) is 2.98. The summed E-state index contributed by atoms with van der Waals surface area (Å²) in [6.45, 7) is 5.35. The molecule has 0 amide bonds. The van der Waals surface area contributed by atoms with E-state index in [-0.39, 0.29) is 6.10 Å². The highest BCUT2D eigenvalue weighted by molar-refractivity contribution is 7.09. The first-order valence-electron chi connectivity index (χ1n) is 7.11. The maximum absolute atomic E-state index is 5.58. The van der Waals surface area contributed by atoms with Crippen LogP contribution in [0.1, 0.15) is 30.7 Å². The number of imidazole rings is 1. The van der Waals surface area contributed by atoms with Gasteiger partial charge < -0.3 is 9.30 Å². The minimum absolute atomic E-state index is 0.0333. The van der Waals surface area contributed by atoms with Crippen LogP contribution in [0.3, 0.4) is 0 Å². The summed E-state index contributed by atoms with van der Waals surface area (Å²) in [5.41, 5.74) is 1.75. The van der Waals surface area contributed by atoms with Gasteiger partial charge in [-0.15, -0.1) is 11.3 Å². The molecule has 0 fully saturated rings. The third kappa shape index (κ3) is 3.20. The quantitative estimate of drug-likeness (QED) is 0.699. The summed E-state index contributed by atoms with van der Waals surface area (Å²) < 4.78 is 7.60. The Morgan fingerprint density at radius 3 is 2.95 bits per heavy atom. The van der Waals surface area contributed by atoms with Crippen molar-refractivity contribution in [1.82, 2.24) is 24.5 Å².